The van der Waals surface area contributed by atoms with E-state index in [1.807, 2.05) is 47.9 Å². The molecule has 3 rings (SSSR count). The van der Waals surface area contributed by atoms with Crippen molar-refractivity contribution < 1.29 is 9.59 Å². The number of nitrogens with one attached hydrogen (secondary N) is 1. The third-order valence-electron chi connectivity index (χ3n) is 4.59. The molecule has 1 atom stereocenters. The molecule has 0 saturated carbocycles. The average Bonchev–Trinajstić information content (AvgIpc) is 3.02. The normalized spacial score (nSPS) is 12.1. The molecule has 0 fully saturated rings. The fraction of sp³-hybridized carbons (Fsp3) is 0.286. The van der Waals surface area contributed by atoms with Gasteiger partial charge in [-0.3, -0.25) is 9.59 Å². The van der Waals surface area contributed by atoms with Crippen LogP contribution in [0.3, 0.4) is 0 Å². The summed E-state index contributed by atoms with van der Waals surface area (Å²) in [5.74, 6) is 0.875. The highest BCUT2D eigenvalue weighted by Crippen LogP contribution is 2.22. The molecule has 1 unspecified atom stereocenters. The molecule has 0 bridgehead atoms. The molecule has 1 amide bonds. The molecular formula is C21H22BrN3O2. The van der Waals surface area contributed by atoms with E-state index >= 15 is 0 Å². The summed E-state index contributed by atoms with van der Waals surface area (Å²) in [6, 6.07) is 14.9. The van der Waals surface area contributed by atoms with Crippen molar-refractivity contribution in [2.24, 2.45) is 0 Å². The average molecular weight is 428 g/mol. The Kier molecular flexibility index (Phi) is 6.06. The van der Waals surface area contributed by atoms with Gasteiger partial charge in [-0.15, -0.1) is 0 Å². The number of imidazole rings is 1. The van der Waals surface area contributed by atoms with Gasteiger partial charge >= 0.3 is 0 Å². The van der Waals surface area contributed by atoms with Gasteiger partial charge in [0.2, 0.25) is 0 Å². The molecule has 2 aromatic carbocycles. The third kappa shape index (κ3) is 4.45. The number of halogens is 1. The van der Waals surface area contributed by atoms with Crippen molar-refractivity contribution in [3.05, 3.63) is 64.4 Å². The standard InChI is InChI=1S/C21H22BrN3O2/c1-14(15(2)26)25-19-10-4-3-9-18(19)24-20(25)11-6-12-23-21(27)16-7-5-8-17(22)13-16/h3-5,7-10,13-14H,6,11-12H2,1-2H3,(H,23,27). The van der Waals surface area contributed by atoms with Crippen molar-refractivity contribution in [2.75, 3.05) is 6.54 Å². The quantitative estimate of drug-likeness (QED) is 0.571. The first-order chi connectivity index (χ1) is 13.0. The first kappa shape index (κ1) is 19.3. The van der Waals surface area contributed by atoms with Crippen molar-refractivity contribution >= 4 is 38.7 Å². The minimum absolute atomic E-state index is 0.0955. The topological polar surface area (TPSA) is 64.0 Å². The van der Waals surface area contributed by atoms with E-state index in [0.717, 1.165) is 27.8 Å². The van der Waals surface area contributed by atoms with Gasteiger partial charge in [-0.2, -0.15) is 0 Å². The number of aromatic nitrogens is 2. The van der Waals surface area contributed by atoms with Crippen LogP contribution in [0.4, 0.5) is 0 Å². The van der Waals surface area contributed by atoms with Crippen LogP contribution in [0.1, 0.15) is 42.5 Å². The number of Topliss-reactive ketones (excluding diaryl/α,β-unsaturated/α-hetero) is 1. The lowest BCUT2D eigenvalue weighted by Crippen LogP contribution is -2.25. The summed E-state index contributed by atoms with van der Waals surface area (Å²) in [5, 5.41) is 2.94. The molecule has 1 aromatic heterocycles. The van der Waals surface area contributed by atoms with Crippen molar-refractivity contribution in [3.63, 3.8) is 0 Å². The van der Waals surface area contributed by atoms with Crippen molar-refractivity contribution in [2.45, 2.75) is 32.7 Å². The number of ketones is 1. The van der Waals surface area contributed by atoms with E-state index in [9.17, 15) is 9.59 Å². The third-order valence-corrected chi connectivity index (χ3v) is 5.09. The van der Waals surface area contributed by atoms with E-state index in [1.165, 1.54) is 0 Å². The van der Waals surface area contributed by atoms with Crippen LogP contribution in [0, 0.1) is 0 Å². The Morgan fingerprint density at radius 2 is 1.96 bits per heavy atom. The summed E-state index contributed by atoms with van der Waals surface area (Å²) in [5.41, 5.74) is 2.48. The van der Waals surface area contributed by atoms with E-state index < -0.39 is 0 Å². The highest BCUT2D eigenvalue weighted by molar-refractivity contribution is 9.10. The SMILES string of the molecule is CC(=O)C(C)n1c(CCCNC(=O)c2cccc(Br)c2)nc2ccccc21. The largest absolute Gasteiger partial charge is 0.352 e. The lowest BCUT2D eigenvalue weighted by atomic mass is 10.2. The van der Waals surface area contributed by atoms with Crippen LogP contribution in [-0.2, 0) is 11.2 Å². The molecule has 140 valence electrons. The molecule has 0 aliphatic carbocycles. The number of aryl methyl sites for hydroxylation is 1. The molecule has 0 saturated heterocycles. The molecule has 0 spiro atoms. The number of fused-ring (bicyclic) bond motifs is 1. The van der Waals surface area contributed by atoms with Crippen LogP contribution in [0.2, 0.25) is 0 Å². The van der Waals surface area contributed by atoms with Gasteiger partial charge in [0.05, 0.1) is 17.1 Å². The second kappa shape index (κ2) is 8.48. The summed E-state index contributed by atoms with van der Waals surface area (Å²) in [7, 11) is 0. The van der Waals surface area contributed by atoms with E-state index in [1.54, 1.807) is 19.1 Å². The highest BCUT2D eigenvalue weighted by atomic mass is 79.9. The van der Waals surface area contributed by atoms with Crippen LogP contribution < -0.4 is 5.32 Å². The van der Waals surface area contributed by atoms with Gasteiger partial charge in [0.1, 0.15) is 5.82 Å². The number of hydrogen-bond donors (Lipinski definition) is 1. The Labute approximate surface area is 166 Å². The summed E-state index contributed by atoms with van der Waals surface area (Å²) >= 11 is 3.37. The molecule has 0 radical (unpaired) electrons. The van der Waals surface area contributed by atoms with E-state index in [0.29, 0.717) is 18.5 Å². The summed E-state index contributed by atoms with van der Waals surface area (Å²) in [6.45, 7) is 4.04. The van der Waals surface area contributed by atoms with E-state index in [4.69, 9.17) is 4.98 Å². The number of benzene rings is 2. The summed E-state index contributed by atoms with van der Waals surface area (Å²) < 4.78 is 2.88. The van der Waals surface area contributed by atoms with Crippen LogP contribution in [0.15, 0.2) is 53.0 Å². The van der Waals surface area contributed by atoms with Gasteiger partial charge in [-0.25, -0.2) is 4.98 Å². The molecule has 1 N–H and O–H groups in total. The lowest BCUT2D eigenvalue weighted by Gasteiger charge is -2.15. The molecule has 27 heavy (non-hydrogen) atoms. The van der Waals surface area contributed by atoms with Crippen LogP contribution in [0.25, 0.3) is 11.0 Å². The Bertz CT molecular complexity index is 980. The van der Waals surface area contributed by atoms with Gasteiger partial charge in [0.25, 0.3) is 5.91 Å². The van der Waals surface area contributed by atoms with Crippen molar-refractivity contribution in [1.82, 2.24) is 14.9 Å². The molecule has 0 aliphatic rings. The Morgan fingerprint density at radius 3 is 2.70 bits per heavy atom. The zero-order valence-electron chi connectivity index (χ0n) is 15.4. The second-order valence-electron chi connectivity index (χ2n) is 6.54. The zero-order chi connectivity index (χ0) is 19.4. The lowest BCUT2D eigenvalue weighted by molar-refractivity contribution is -0.119. The molecule has 6 heteroatoms. The molecular weight excluding hydrogens is 406 g/mol. The zero-order valence-corrected chi connectivity index (χ0v) is 17.0. The Hall–Kier alpha value is -2.47. The maximum absolute atomic E-state index is 12.2. The number of hydrogen-bond acceptors (Lipinski definition) is 3. The smallest absolute Gasteiger partial charge is 0.251 e. The van der Waals surface area contributed by atoms with E-state index in [-0.39, 0.29) is 17.7 Å². The first-order valence-electron chi connectivity index (χ1n) is 8.97. The van der Waals surface area contributed by atoms with E-state index in [2.05, 4.69) is 21.2 Å². The minimum atomic E-state index is -0.260. The number of nitrogens with zero attached hydrogens (tertiary/aromatic N) is 2. The number of para-hydroxylation sites is 2. The first-order valence-corrected chi connectivity index (χ1v) is 9.76. The number of carbonyl (C=O) groups excluding carboxylic acids is 2. The molecule has 5 nitrogen and oxygen atoms in total. The fourth-order valence-electron chi connectivity index (χ4n) is 3.06. The minimum Gasteiger partial charge on any atom is -0.352 e. The van der Waals surface area contributed by atoms with Gasteiger partial charge in [0, 0.05) is 23.0 Å². The van der Waals surface area contributed by atoms with Crippen LogP contribution >= 0.6 is 15.9 Å². The Morgan fingerprint density at radius 1 is 1.19 bits per heavy atom. The van der Waals surface area contributed by atoms with Gasteiger partial charge in [-0.1, -0.05) is 34.1 Å². The van der Waals surface area contributed by atoms with Gasteiger partial charge in [0.15, 0.2) is 5.78 Å². The summed E-state index contributed by atoms with van der Waals surface area (Å²) in [4.78, 5) is 28.8. The van der Waals surface area contributed by atoms with Crippen molar-refractivity contribution in [1.29, 1.82) is 0 Å². The Balaban J connectivity index is 1.67. The maximum atomic E-state index is 12.2. The number of amides is 1. The van der Waals surface area contributed by atoms with Crippen LogP contribution in [-0.4, -0.2) is 27.8 Å². The highest BCUT2D eigenvalue weighted by Gasteiger charge is 2.18. The predicted molar refractivity (Wildman–Crippen MR) is 110 cm³/mol. The number of carbonyl (C=O) groups is 2. The molecule has 3 aromatic rings. The molecule has 0 aliphatic heterocycles. The maximum Gasteiger partial charge on any atom is 0.251 e. The van der Waals surface area contributed by atoms with Crippen molar-refractivity contribution in [3.8, 4) is 0 Å². The van der Waals surface area contributed by atoms with Gasteiger partial charge < -0.3 is 9.88 Å². The van der Waals surface area contributed by atoms with Gasteiger partial charge in [-0.05, 0) is 50.6 Å². The second-order valence-corrected chi connectivity index (χ2v) is 7.46. The summed E-state index contributed by atoms with van der Waals surface area (Å²) in [6.07, 6.45) is 1.43. The number of rotatable bonds is 7. The monoisotopic (exact) mass is 427 g/mol. The fourth-order valence-corrected chi connectivity index (χ4v) is 3.46. The molecule has 1 heterocycles. The predicted octanol–water partition coefficient (Wildman–Crippen LogP) is 4.31. The van der Waals surface area contributed by atoms with Crippen LogP contribution in [0.5, 0.6) is 0 Å².